The number of nitrogens with zero attached hydrogens (tertiary/aromatic N) is 3. The SMILES string of the molecule is CCCN(C(=O)C(Oc1nnc(Cl)s1)C(F)F)c1ccccc1. The third-order valence-corrected chi connectivity index (χ3v) is 3.77. The predicted molar refractivity (Wildman–Crippen MR) is 84.4 cm³/mol. The van der Waals surface area contributed by atoms with E-state index in [1.54, 1.807) is 30.3 Å². The summed E-state index contributed by atoms with van der Waals surface area (Å²) in [6, 6.07) is 8.60. The Bertz CT molecular complexity index is 642. The lowest BCUT2D eigenvalue weighted by Gasteiger charge is -2.26. The fraction of sp³-hybridized carbons (Fsp3) is 0.357. The Morgan fingerprint density at radius 3 is 2.57 bits per heavy atom. The highest BCUT2D eigenvalue weighted by atomic mass is 35.5. The van der Waals surface area contributed by atoms with Crippen LogP contribution < -0.4 is 9.64 Å². The van der Waals surface area contributed by atoms with E-state index in [-0.39, 0.29) is 9.66 Å². The molecule has 1 heterocycles. The van der Waals surface area contributed by atoms with Crippen LogP contribution in [0.5, 0.6) is 5.19 Å². The molecule has 0 saturated carbocycles. The minimum Gasteiger partial charge on any atom is -0.449 e. The molecule has 0 aliphatic heterocycles. The summed E-state index contributed by atoms with van der Waals surface area (Å²) in [7, 11) is 0. The summed E-state index contributed by atoms with van der Waals surface area (Å²) in [6.45, 7) is 2.15. The maximum atomic E-state index is 13.3. The Balaban J connectivity index is 2.23. The summed E-state index contributed by atoms with van der Waals surface area (Å²) >= 11 is 6.38. The van der Waals surface area contributed by atoms with Crippen LogP contribution in [-0.4, -0.2) is 35.2 Å². The second-order valence-electron chi connectivity index (χ2n) is 4.52. The number of para-hydroxylation sites is 1. The van der Waals surface area contributed by atoms with E-state index < -0.39 is 18.4 Å². The van der Waals surface area contributed by atoms with E-state index in [0.29, 0.717) is 18.7 Å². The van der Waals surface area contributed by atoms with Crippen molar-refractivity contribution < 1.29 is 18.3 Å². The number of amides is 1. The van der Waals surface area contributed by atoms with Crippen LogP contribution in [-0.2, 0) is 4.79 Å². The lowest BCUT2D eigenvalue weighted by Crippen LogP contribution is -2.46. The van der Waals surface area contributed by atoms with E-state index in [0.717, 1.165) is 11.3 Å². The van der Waals surface area contributed by atoms with Crippen LogP contribution in [0, 0.1) is 0 Å². The van der Waals surface area contributed by atoms with E-state index >= 15 is 0 Å². The standard InChI is InChI=1S/C14H14ClF2N3O2S/c1-2-8-20(9-6-4-3-5-7-9)12(21)10(11(16)17)22-14-19-18-13(15)23-14/h3-7,10-11H,2,8H2,1H3. The molecular weight excluding hydrogens is 348 g/mol. The van der Waals surface area contributed by atoms with Gasteiger partial charge in [0.05, 0.1) is 0 Å². The maximum absolute atomic E-state index is 13.3. The lowest BCUT2D eigenvalue weighted by atomic mass is 10.2. The molecule has 2 aromatic rings. The lowest BCUT2D eigenvalue weighted by molar-refractivity contribution is -0.132. The van der Waals surface area contributed by atoms with Gasteiger partial charge in [-0.05, 0) is 41.5 Å². The zero-order valence-corrected chi connectivity index (χ0v) is 13.7. The molecule has 0 spiro atoms. The molecule has 0 radical (unpaired) electrons. The number of aromatic nitrogens is 2. The molecule has 23 heavy (non-hydrogen) atoms. The summed E-state index contributed by atoms with van der Waals surface area (Å²) in [5, 5.41) is 6.81. The number of hydrogen-bond donors (Lipinski definition) is 0. The monoisotopic (exact) mass is 361 g/mol. The summed E-state index contributed by atoms with van der Waals surface area (Å²) in [5.41, 5.74) is 0.531. The second-order valence-corrected chi connectivity index (χ2v) is 6.04. The summed E-state index contributed by atoms with van der Waals surface area (Å²) < 4.78 is 31.7. The molecule has 0 aliphatic rings. The highest BCUT2D eigenvalue weighted by Gasteiger charge is 2.35. The highest BCUT2D eigenvalue weighted by Crippen LogP contribution is 2.25. The molecule has 1 atom stereocenters. The minimum atomic E-state index is -3.01. The van der Waals surface area contributed by atoms with Gasteiger partial charge in [-0.1, -0.05) is 30.2 Å². The number of carbonyl (C=O) groups is 1. The Morgan fingerprint density at radius 2 is 2.04 bits per heavy atom. The van der Waals surface area contributed by atoms with Gasteiger partial charge in [-0.3, -0.25) is 4.79 Å². The molecule has 0 saturated heterocycles. The van der Waals surface area contributed by atoms with Crippen LogP contribution >= 0.6 is 22.9 Å². The largest absolute Gasteiger partial charge is 0.449 e. The second kappa shape index (κ2) is 8.16. The molecule has 0 aliphatic carbocycles. The summed E-state index contributed by atoms with van der Waals surface area (Å²) in [4.78, 5) is 13.8. The van der Waals surface area contributed by atoms with Crippen molar-refractivity contribution in [3.63, 3.8) is 0 Å². The first-order valence-corrected chi connectivity index (χ1v) is 8.02. The zero-order chi connectivity index (χ0) is 16.8. The molecule has 5 nitrogen and oxygen atoms in total. The van der Waals surface area contributed by atoms with Crippen molar-refractivity contribution in [2.75, 3.05) is 11.4 Å². The van der Waals surface area contributed by atoms with Gasteiger partial charge in [-0.2, -0.15) is 0 Å². The molecule has 2 rings (SSSR count). The molecule has 124 valence electrons. The number of ether oxygens (including phenoxy) is 1. The van der Waals surface area contributed by atoms with Crippen LogP contribution in [0.1, 0.15) is 13.3 Å². The van der Waals surface area contributed by atoms with Crippen molar-refractivity contribution in [2.45, 2.75) is 25.9 Å². The molecule has 0 bridgehead atoms. The Kier molecular flexibility index (Phi) is 6.23. The average molecular weight is 362 g/mol. The Labute approximate surface area is 140 Å². The molecule has 1 aromatic carbocycles. The molecular formula is C14H14ClF2N3O2S. The van der Waals surface area contributed by atoms with Gasteiger partial charge in [0.1, 0.15) is 0 Å². The molecule has 9 heteroatoms. The predicted octanol–water partition coefficient (Wildman–Crippen LogP) is 3.65. The third-order valence-electron chi connectivity index (χ3n) is 2.86. The van der Waals surface area contributed by atoms with Crippen molar-refractivity contribution in [1.29, 1.82) is 0 Å². The van der Waals surface area contributed by atoms with E-state index in [1.165, 1.54) is 4.90 Å². The molecule has 0 fully saturated rings. The van der Waals surface area contributed by atoms with Crippen molar-refractivity contribution in [3.8, 4) is 5.19 Å². The smallest absolute Gasteiger partial charge is 0.296 e. The molecule has 0 N–H and O–H groups in total. The van der Waals surface area contributed by atoms with E-state index in [2.05, 4.69) is 10.2 Å². The van der Waals surface area contributed by atoms with E-state index in [9.17, 15) is 13.6 Å². The van der Waals surface area contributed by atoms with Gasteiger partial charge < -0.3 is 9.64 Å². The van der Waals surface area contributed by atoms with Crippen molar-refractivity contribution >= 4 is 34.5 Å². The molecule has 1 amide bonds. The number of rotatable bonds is 7. The van der Waals surface area contributed by atoms with Crippen molar-refractivity contribution in [3.05, 3.63) is 34.8 Å². The first kappa shape index (κ1) is 17.6. The van der Waals surface area contributed by atoms with Gasteiger partial charge in [-0.15, -0.1) is 5.10 Å². The summed E-state index contributed by atoms with van der Waals surface area (Å²) in [5.74, 6) is -0.834. The van der Waals surface area contributed by atoms with Gasteiger partial charge in [0, 0.05) is 12.2 Å². The van der Waals surface area contributed by atoms with Crippen molar-refractivity contribution in [1.82, 2.24) is 10.2 Å². The van der Waals surface area contributed by atoms with Crippen LogP contribution in [0.25, 0.3) is 0 Å². The van der Waals surface area contributed by atoms with Crippen molar-refractivity contribution in [2.24, 2.45) is 0 Å². The van der Waals surface area contributed by atoms with E-state index in [4.69, 9.17) is 16.3 Å². The third kappa shape index (κ3) is 4.59. The number of benzene rings is 1. The highest BCUT2D eigenvalue weighted by molar-refractivity contribution is 7.17. The minimum absolute atomic E-state index is 0.0499. The van der Waals surface area contributed by atoms with Crippen LogP contribution in [0.15, 0.2) is 30.3 Å². The van der Waals surface area contributed by atoms with Gasteiger partial charge in [0.2, 0.25) is 10.6 Å². The fourth-order valence-electron chi connectivity index (χ4n) is 1.91. The Hall–Kier alpha value is -1.80. The number of halogens is 3. The Morgan fingerprint density at radius 1 is 1.35 bits per heavy atom. The first-order valence-electron chi connectivity index (χ1n) is 6.83. The fourth-order valence-corrected chi connectivity index (χ4v) is 2.61. The first-order chi connectivity index (χ1) is 11.0. The van der Waals surface area contributed by atoms with Crippen LogP contribution in [0.2, 0.25) is 4.47 Å². The van der Waals surface area contributed by atoms with Gasteiger partial charge >= 0.3 is 0 Å². The van der Waals surface area contributed by atoms with Gasteiger partial charge in [-0.25, -0.2) is 8.78 Å². The summed E-state index contributed by atoms with van der Waals surface area (Å²) in [6.07, 6.45) is -4.36. The molecule has 1 aromatic heterocycles. The number of anilines is 1. The maximum Gasteiger partial charge on any atom is 0.296 e. The quantitative estimate of drug-likeness (QED) is 0.755. The van der Waals surface area contributed by atoms with Crippen LogP contribution in [0.4, 0.5) is 14.5 Å². The average Bonchev–Trinajstić information content (AvgIpc) is 2.95. The van der Waals surface area contributed by atoms with Crippen LogP contribution in [0.3, 0.4) is 0 Å². The van der Waals surface area contributed by atoms with Gasteiger partial charge in [0.15, 0.2) is 0 Å². The van der Waals surface area contributed by atoms with Gasteiger partial charge in [0.25, 0.3) is 17.5 Å². The van der Waals surface area contributed by atoms with E-state index in [1.807, 2.05) is 6.92 Å². The number of hydrogen-bond acceptors (Lipinski definition) is 5. The normalized spacial score (nSPS) is 12.2. The zero-order valence-electron chi connectivity index (χ0n) is 12.2. The topological polar surface area (TPSA) is 55.3 Å². The number of carbonyl (C=O) groups excluding carboxylic acids is 1. The number of alkyl halides is 2. The molecule has 1 unspecified atom stereocenters.